The summed E-state index contributed by atoms with van der Waals surface area (Å²) in [6, 6.07) is 13.9. The molecule has 1 N–H and O–H groups in total. The second-order valence-electron chi connectivity index (χ2n) is 4.19. The molecule has 0 saturated carbocycles. The van der Waals surface area contributed by atoms with Crippen LogP contribution in [-0.4, -0.2) is 0 Å². The summed E-state index contributed by atoms with van der Waals surface area (Å²) in [5, 5.41) is 12.3. The van der Waals surface area contributed by atoms with Crippen LogP contribution < -0.4 is 5.32 Å². The van der Waals surface area contributed by atoms with Gasteiger partial charge in [0.15, 0.2) is 0 Å². The molecule has 1 atom stereocenters. The van der Waals surface area contributed by atoms with Gasteiger partial charge in [0.1, 0.15) is 11.9 Å². The average molecular weight is 319 g/mol. The van der Waals surface area contributed by atoms with E-state index in [-0.39, 0.29) is 5.82 Å². The molecule has 96 valence electrons. The van der Waals surface area contributed by atoms with Crippen LogP contribution in [0.25, 0.3) is 0 Å². The van der Waals surface area contributed by atoms with Crippen molar-refractivity contribution >= 4 is 21.6 Å². The van der Waals surface area contributed by atoms with E-state index >= 15 is 0 Å². The summed E-state index contributed by atoms with van der Waals surface area (Å²) in [5.41, 5.74) is 1.98. The third kappa shape index (κ3) is 3.12. The molecule has 0 bridgehead atoms. The molecule has 0 amide bonds. The Morgan fingerprint density at radius 2 is 2.00 bits per heavy atom. The largest absolute Gasteiger partial charge is 0.365 e. The number of nitriles is 1. The van der Waals surface area contributed by atoms with Crippen molar-refractivity contribution in [1.82, 2.24) is 0 Å². The van der Waals surface area contributed by atoms with E-state index in [1.807, 2.05) is 24.3 Å². The second-order valence-corrected chi connectivity index (χ2v) is 5.05. The van der Waals surface area contributed by atoms with Crippen LogP contribution in [0.4, 0.5) is 10.1 Å². The number of anilines is 1. The zero-order valence-electron chi connectivity index (χ0n) is 10.3. The predicted octanol–water partition coefficient (Wildman–Crippen LogP) is 4.57. The molecule has 0 aliphatic heterocycles. The van der Waals surface area contributed by atoms with Gasteiger partial charge in [0.25, 0.3) is 0 Å². The second kappa shape index (κ2) is 5.85. The molecule has 19 heavy (non-hydrogen) atoms. The fourth-order valence-electron chi connectivity index (χ4n) is 1.71. The summed E-state index contributed by atoms with van der Waals surface area (Å²) in [6.45, 7) is 1.70. The van der Waals surface area contributed by atoms with Crippen LogP contribution >= 0.6 is 15.9 Å². The molecule has 2 nitrogen and oxygen atoms in total. The van der Waals surface area contributed by atoms with Crippen LogP contribution in [0.1, 0.15) is 17.2 Å². The van der Waals surface area contributed by atoms with Crippen LogP contribution in [0.15, 0.2) is 46.9 Å². The van der Waals surface area contributed by atoms with Crippen molar-refractivity contribution in [2.24, 2.45) is 0 Å². The summed E-state index contributed by atoms with van der Waals surface area (Å²) >= 11 is 3.41. The van der Waals surface area contributed by atoms with Crippen molar-refractivity contribution in [3.63, 3.8) is 0 Å². The number of para-hydroxylation sites is 1. The number of benzene rings is 2. The summed E-state index contributed by atoms with van der Waals surface area (Å²) in [5.74, 6) is -0.299. The molecule has 4 heteroatoms. The summed E-state index contributed by atoms with van der Waals surface area (Å²) in [6.07, 6.45) is 0. The first kappa shape index (κ1) is 13.6. The van der Waals surface area contributed by atoms with Gasteiger partial charge >= 0.3 is 0 Å². The maximum Gasteiger partial charge on any atom is 0.140 e. The van der Waals surface area contributed by atoms with Gasteiger partial charge in [-0.25, -0.2) is 4.39 Å². The monoisotopic (exact) mass is 318 g/mol. The molecule has 2 aromatic carbocycles. The van der Waals surface area contributed by atoms with E-state index in [2.05, 4.69) is 27.3 Å². The van der Waals surface area contributed by atoms with Crippen LogP contribution in [0.5, 0.6) is 0 Å². The van der Waals surface area contributed by atoms with E-state index in [9.17, 15) is 9.65 Å². The fourth-order valence-corrected chi connectivity index (χ4v) is 2.11. The molecule has 0 aliphatic rings. The van der Waals surface area contributed by atoms with Gasteiger partial charge in [0.05, 0.1) is 6.07 Å². The maximum atomic E-state index is 13.5. The normalized spacial score (nSPS) is 11.7. The minimum atomic E-state index is -0.589. The quantitative estimate of drug-likeness (QED) is 0.899. The number of hydrogen-bond donors (Lipinski definition) is 1. The first-order chi connectivity index (χ1) is 9.11. The molecule has 1 unspecified atom stereocenters. The Balaban J connectivity index is 2.28. The first-order valence-electron chi connectivity index (χ1n) is 5.78. The number of halogens is 2. The van der Waals surface area contributed by atoms with Crippen molar-refractivity contribution in [2.75, 3.05) is 5.32 Å². The minimum absolute atomic E-state index is 0.299. The van der Waals surface area contributed by atoms with Crippen LogP contribution in [0.3, 0.4) is 0 Å². The molecule has 2 aromatic rings. The minimum Gasteiger partial charge on any atom is -0.365 e. The van der Waals surface area contributed by atoms with Crippen LogP contribution in [0, 0.1) is 24.1 Å². The number of rotatable bonds is 3. The van der Waals surface area contributed by atoms with E-state index in [0.29, 0.717) is 11.1 Å². The van der Waals surface area contributed by atoms with Crippen molar-refractivity contribution in [2.45, 2.75) is 13.0 Å². The Kier molecular flexibility index (Phi) is 4.18. The zero-order chi connectivity index (χ0) is 13.8. The molecule has 0 fully saturated rings. The Bertz CT molecular complexity index is 634. The van der Waals surface area contributed by atoms with Crippen molar-refractivity contribution in [3.05, 3.63) is 63.9 Å². The number of aryl methyl sites for hydroxylation is 1. The average Bonchev–Trinajstić information content (AvgIpc) is 2.41. The van der Waals surface area contributed by atoms with Gasteiger partial charge in [-0.15, -0.1) is 0 Å². The van der Waals surface area contributed by atoms with Gasteiger partial charge in [0.2, 0.25) is 0 Å². The Morgan fingerprint density at radius 3 is 2.63 bits per heavy atom. The van der Waals surface area contributed by atoms with Crippen LogP contribution in [0.2, 0.25) is 0 Å². The Hall–Kier alpha value is -1.86. The van der Waals surface area contributed by atoms with Crippen molar-refractivity contribution in [3.8, 4) is 6.07 Å². The molecule has 0 radical (unpaired) electrons. The van der Waals surface area contributed by atoms with E-state index in [1.54, 1.807) is 19.1 Å². The standard InChI is InChI=1S/C15H12BrFN2/c1-10-6-7-11(8-13(10)17)15(9-18)19-14-5-3-2-4-12(14)16/h2-8,15,19H,1H3. The molecular formula is C15H12BrFN2. The smallest absolute Gasteiger partial charge is 0.140 e. The highest BCUT2D eigenvalue weighted by atomic mass is 79.9. The molecule has 0 aliphatic carbocycles. The summed E-state index contributed by atoms with van der Waals surface area (Å²) in [7, 11) is 0. The molecule has 0 saturated heterocycles. The number of nitrogens with one attached hydrogen (secondary N) is 1. The van der Waals surface area contributed by atoms with E-state index in [4.69, 9.17) is 0 Å². The highest BCUT2D eigenvalue weighted by Crippen LogP contribution is 2.26. The molecule has 0 heterocycles. The molecular weight excluding hydrogens is 307 g/mol. The zero-order valence-corrected chi connectivity index (χ0v) is 11.9. The Labute approximate surface area is 120 Å². The SMILES string of the molecule is Cc1ccc(C(C#N)Nc2ccccc2Br)cc1F. The number of nitrogens with zero attached hydrogens (tertiary/aromatic N) is 1. The first-order valence-corrected chi connectivity index (χ1v) is 6.58. The molecule has 0 spiro atoms. The molecule has 2 rings (SSSR count). The van der Waals surface area contributed by atoms with Crippen molar-refractivity contribution in [1.29, 1.82) is 5.26 Å². The summed E-state index contributed by atoms with van der Waals surface area (Å²) in [4.78, 5) is 0. The van der Waals surface area contributed by atoms with Gasteiger partial charge in [-0.3, -0.25) is 0 Å². The van der Waals surface area contributed by atoms with E-state index in [1.165, 1.54) is 6.07 Å². The van der Waals surface area contributed by atoms with Gasteiger partial charge < -0.3 is 5.32 Å². The van der Waals surface area contributed by atoms with Gasteiger partial charge in [-0.05, 0) is 52.2 Å². The summed E-state index contributed by atoms with van der Waals surface area (Å²) < 4.78 is 14.4. The van der Waals surface area contributed by atoms with Gasteiger partial charge in [-0.1, -0.05) is 24.3 Å². The lowest BCUT2D eigenvalue weighted by molar-refractivity contribution is 0.615. The third-order valence-corrected chi connectivity index (χ3v) is 3.52. The van der Waals surface area contributed by atoms with Gasteiger partial charge in [0, 0.05) is 10.2 Å². The maximum absolute atomic E-state index is 13.5. The van der Waals surface area contributed by atoms with Gasteiger partial charge in [-0.2, -0.15) is 5.26 Å². The highest BCUT2D eigenvalue weighted by Gasteiger charge is 2.13. The fraction of sp³-hybridized carbons (Fsp3) is 0.133. The predicted molar refractivity (Wildman–Crippen MR) is 77.3 cm³/mol. The highest BCUT2D eigenvalue weighted by molar-refractivity contribution is 9.10. The van der Waals surface area contributed by atoms with Crippen LogP contribution in [-0.2, 0) is 0 Å². The van der Waals surface area contributed by atoms with E-state index in [0.717, 1.165) is 10.2 Å². The lowest BCUT2D eigenvalue weighted by Gasteiger charge is -2.15. The van der Waals surface area contributed by atoms with E-state index < -0.39 is 6.04 Å². The topological polar surface area (TPSA) is 35.8 Å². The third-order valence-electron chi connectivity index (χ3n) is 2.83. The lowest BCUT2D eigenvalue weighted by Crippen LogP contribution is -2.09. The Morgan fingerprint density at radius 1 is 1.26 bits per heavy atom. The molecule has 0 aromatic heterocycles. The number of hydrogen-bond acceptors (Lipinski definition) is 2. The van der Waals surface area contributed by atoms with Crippen molar-refractivity contribution < 1.29 is 4.39 Å². The lowest BCUT2D eigenvalue weighted by atomic mass is 10.1.